The van der Waals surface area contributed by atoms with Crippen LogP contribution < -0.4 is 0 Å². The van der Waals surface area contributed by atoms with Crippen molar-refractivity contribution in [3.8, 4) is 0 Å². The van der Waals surface area contributed by atoms with Crippen molar-refractivity contribution in [3.63, 3.8) is 0 Å². The van der Waals surface area contributed by atoms with Gasteiger partial charge in [0.2, 0.25) is 0 Å². The molecular formula is C15H24N2O3. The Bertz CT molecular complexity index is 425. The third-order valence-corrected chi connectivity index (χ3v) is 3.68. The molecule has 0 unspecified atom stereocenters. The first-order valence-electron chi connectivity index (χ1n) is 7.53. The molecule has 0 aromatic carbocycles. The second-order valence-corrected chi connectivity index (χ2v) is 5.43. The van der Waals surface area contributed by atoms with Crippen molar-refractivity contribution in [2.75, 3.05) is 20.2 Å². The van der Waals surface area contributed by atoms with Crippen molar-refractivity contribution >= 4 is 5.91 Å². The molecule has 1 aromatic heterocycles. The van der Waals surface area contributed by atoms with Gasteiger partial charge in [0.25, 0.3) is 5.91 Å². The van der Waals surface area contributed by atoms with Gasteiger partial charge in [-0.3, -0.25) is 4.79 Å². The fourth-order valence-corrected chi connectivity index (χ4v) is 2.45. The Morgan fingerprint density at radius 2 is 2.35 bits per heavy atom. The van der Waals surface area contributed by atoms with Crippen LogP contribution in [0.1, 0.15) is 55.3 Å². The van der Waals surface area contributed by atoms with Gasteiger partial charge in [-0.1, -0.05) is 12.1 Å². The summed E-state index contributed by atoms with van der Waals surface area (Å²) in [5.41, 5.74) is 0.403. The van der Waals surface area contributed by atoms with Crippen LogP contribution >= 0.6 is 0 Å². The maximum atomic E-state index is 12.2. The van der Waals surface area contributed by atoms with E-state index in [1.165, 1.54) is 6.42 Å². The highest BCUT2D eigenvalue weighted by molar-refractivity contribution is 5.92. The van der Waals surface area contributed by atoms with Crippen molar-refractivity contribution in [1.82, 2.24) is 10.1 Å². The lowest BCUT2D eigenvalue weighted by Gasteiger charge is -2.24. The van der Waals surface area contributed by atoms with Gasteiger partial charge in [0, 0.05) is 32.7 Å². The van der Waals surface area contributed by atoms with Crippen LogP contribution in [-0.2, 0) is 11.2 Å². The van der Waals surface area contributed by atoms with E-state index < -0.39 is 0 Å². The Morgan fingerprint density at radius 3 is 3.05 bits per heavy atom. The third-order valence-electron chi connectivity index (χ3n) is 3.68. The van der Waals surface area contributed by atoms with Crippen LogP contribution in [0, 0.1) is 0 Å². The number of amides is 1. The summed E-state index contributed by atoms with van der Waals surface area (Å²) in [7, 11) is 1.80. The number of aryl methyl sites for hydroxylation is 1. The smallest absolute Gasteiger partial charge is 0.275 e. The van der Waals surface area contributed by atoms with Crippen LogP contribution in [-0.4, -0.2) is 42.3 Å². The van der Waals surface area contributed by atoms with Crippen LogP contribution in [0.25, 0.3) is 0 Å². The average Bonchev–Trinajstić information content (AvgIpc) is 2.94. The summed E-state index contributed by atoms with van der Waals surface area (Å²) >= 11 is 0. The molecule has 0 bridgehead atoms. The summed E-state index contributed by atoms with van der Waals surface area (Å²) in [5.74, 6) is 0.701. The summed E-state index contributed by atoms with van der Waals surface area (Å²) in [4.78, 5) is 13.9. The lowest BCUT2D eigenvalue weighted by atomic mass is 10.1. The van der Waals surface area contributed by atoms with Gasteiger partial charge >= 0.3 is 0 Å². The zero-order chi connectivity index (χ0) is 14.4. The molecule has 2 rings (SSSR count). The first kappa shape index (κ1) is 15.0. The van der Waals surface area contributed by atoms with Gasteiger partial charge in [0.1, 0.15) is 5.76 Å². The molecule has 112 valence electrons. The first-order valence-corrected chi connectivity index (χ1v) is 7.53. The Hall–Kier alpha value is -1.36. The molecule has 20 heavy (non-hydrogen) atoms. The molecule has 1 aliphatic heterocycles. The van der Waals surface area contributed by atoms with E-state index in [4.69, 9.17) is 9.26 Å². The van der Waals surface area contributed by atoms with Crippen LogP contribution in [0.5, 0.6) is 0 Å². The van der Waals surface area contributed by atoms with Crippen LogP contribution in [0.4, 0.5) is 0 Å². The maximum Gasteiger partial charge on any atom is 0.275 e. The van der Waals surface area contributed by atoms with E-state index in [-0.39, 0.29) is 5.91 Å². The molecule has 0 aliphatic carbocycles. The number of hydrogen-bond donors (Lipinski definition) is 0. The molecule has 2 heterocycles. The van der Waals surface area contributed by atoms with Gasteiger partial charge in [-0.2, -0.15) is 0 Å². The fourth-order valence-electron chi connectivity index (χ4n) is 2.45. The SMILES string of the molecule is CCCc1cc(C(=O)N(C)CC[C@@H]2CCCCO2)no1. The van der Waals surface area contributed by atoms with E-state index in [2.05, 4.69) is 12.1 Å². The standard InChI is InChI=1S/C15H24N2O3/c1-3-6-13-11-14(16-20-13)15(18)17(2)9-8-12-7-4-5-10-19-12/h11-12H,3-10H2,1-2H3/t12-/m0/s1. The molecule has 1 saturated heterocycles. The summed E-state index contributed by atoms with van der Waals surface area (Å²) < 4.78 is 10.8. The number of rotatable bonds is 6. The normalized spacial score (nSPS) is 19.0. The summed E-state index contributed by atoms with van der Waals surface area (Å²) in [6.45, 7) is 3.62. The van der Waals surface area contributed by atoms with Gasteiger partial charge in [-0.15, -0.1) is 0 Å². The highest BCUT2D eigenvalue weighted by Gasteiger charge is 2.19. The molecule has 1 aliphatic rings. The number of nitrogens with zero attached hydrogens (tertiary/aromatic N) is 2. The molecule has 1 amide bonds. The largest absolute Gasteiger partial charge is 0.378 e. The summed E-state index contributed by atoms with van der Waals surface area (Å²) in [6.07, 6.45) is 6.48. The molecule has 1 fully saturated rings. The second-order valence-electron chi connectivity index (χ2n) is 5.43. The first-order chi connectivity index (χ1) is 9.70. The molecular weight excluding hydrogens is 256 g/mol. The highest BCUT2D eigenvalue weighted by Crippen LogP contribution is 2.16. The minimum absolute atomic E-state index is 0.0769. The number of ether oxygens (including phenoxy) is 1. The Balaban J connectivity index is 1.81. The maximum absolute atomic E-state index is 12.2. The van der Waals surface area contributed by atoms with Crippen molar-refractivity contribution in [2.45, 2.75) is 51.6 Å². The van der Waals surface area contributed by atoms with E-state index >= 15 is 0 Å². The van der Waals surface area contributed by atoms with Crippen LogP contribution in [0.15, 0.2) is 10.6 Å². The molecule has 0 radical (unpaired) electrons. The molecule has 0 saturated carbocycles. The lowest BCUT2D eigenvalue weighted by Crippen LogP contribution is -2.31. The average molecular weight is 280 g/mol. The molecule has 1 aromatic rings. The van der Waals surface area contributed by atoms with Gasteiger partial charge in [0.15, 0.2) is 5.69 Å². The minimum atomic E-state index is -0.0769. The van der Waals surface area contributed by atoms with E-state index in [1.807, 2.05) is 0 Å². The predicted molar refractivity (Wildman–Crippen MR) is 75.7 cm³/mol. The van der Waals surface area contributed by atoms with Crippen LogP contribution in [0.2, 0.25) is 0 Å². The Morgan fingerprint density at radius 1 is 1.50 bits per heavy atom. The van der Waals surface area contributed by atoms with E-state index in [9.17, 15) is 4.79 Å². The second kappa shape index (κ2) is 7.43. The highest BCUT2D eigenvalue weighted by atomic mass is 16.5. The van der Waals surface area contributed by atoms with E-state index in [0.29, 0.717) is 18.3 Å². The van der Waals surface area contributed by atoms with Gasteiger partial charge < -0.3 is 14.2 Å². The number of carbonyl (C=O) groups excluding carboxylic acids is 1. The van der Waals surface area contributed by atoms with Gasteiger partial charge in [-0.05, 0) is 32.1 Å². The topological polar surface area (TPSA) is 55.6 Å². The monoisotopic (exact) mass is 280 g/mol. The van der Waals surface area contributed by atoms with Gasteiger partial charge in [0.05, 0.1) is 6.10 Å². The minimum Gasteiger partial charge on any atom is -0.378 e. The number of aromatic nitrogens is 1. The van der Waals surface area contributed by atoms with Crippen LogP contribution in [0.3, 0.4) is 0 Å². The molecule has 0 N–H and O–H groups in total. The summed E-state index contributed by atoms with van der Waals surface area (Å²) in [6, 6.07) is 1.75. The van der Waals surface area contributed by atoms with Crippen molar-refractivity contribution in [1.29, 1.82) is 0 Å². The molecule has 5 heteroatoms. The Labute approximate surface area is 120 Å². The quantitative estimate of drug-likeness (QED) is 0.804. The lowest BCUT2D eigenvalue weighted by molar-refractivity contribution is 0.00703. The summed E-state index contributed by atoms with van der Waals surface area (Å²) in [5, 5.41) is 3.85. The van der Waals surface area contributed by atoms with Crippen molar-refractivity contribution < 1.29 is 14.1 Å². The molecule has 0 spiro atoms. The van der Waals surface area contributed by atoms with Crippen molar-refractivity contribution in [2.24, 2.45) is 0 Å². The van der Waals surface area contributed by atoms with Crippen molar-refractivity contribution in [3.05, 3.63) is 17.5 Å². The molecule has 5 nitrogen and oxygen atoms in total. The Kier molecular flexibility index (Phi) is 5.59. The predicted octanol–water partition coefficient (Wildman–Crippen LogP) is 2.66. The van der Waals surface area contributed by atoms with E-state index in [0.717, 1.165) is 44.5 Å². The number of carbonyl (C=O) groups is 1. The number of hydrogen-bond acceptors (Lipinski definition) is 4. The van der Waals surface area contributed by atoms with Gasteiger partial charge in [-0.25, -0.2) is 0 Å². The molecule has 1 atom stereocenters. The fraction of sp³-hybridized carbons (Fsp3) is 0.733. The van der Waals surface area contributed by atoms with E-state index in [1.54, 1.807) is 18.0 Å². The zero-order valence-corrected chi connectivity index (χ0v) is 12.4. The zero-order valence-electron chi connectivity index (χ0n) is 12.4. The third kappa shape index (κ3) is 4.07.